The van der Waals surface area contributed by atoms with Crippen LogP contribution in [0.2, 0.25) is 0 Å². The number of carbonyl (C=O) groups is 1. The van der Waals surface area contributed by atoms with E-state index in [2.05, 4.69) is 5.32 Å². The molecule has 2 aromatic rings. The van der Waals surface area contributed by atoms with Gasteiger partial charge in [-0.25, -0.2) is 0 Å². The van der Waals surface area contributed by atoms with E-state index in [1.54, 1.807) is 27.6 Å². The number of ether oxygens (including phenoxy) is 4. The van der Waals surface area contributed by atoms with Gasteiger partial charge in [-0.15, -0.1) is 0 Å². The molecule has 0 amide bonds. The Balaban J connectivity index is 1.49. The Kier molecular flexibility index (Phi) is 5.84. The molecule has 2 aliphatic rings. The van der Waals surface area contributed by atoms with Crippen LogP contribution in [0.15, 0.2) is 48.7 Å². The molecule has 4 rings (SSSR count). The van der Waals surface area contributed by atoms with E-state index in [9.17, 15) is 4.79 Å². The molecule has 158 valence electrons. The van der Waals surface area contributed by atoms with Gasteiger partial charge in [0.2, 0.25) is 0 Å². The van der Waals surface area contributed by atoms with Gasteiger partial charge in [-0.2, -0.15) is 0 Å². The van der Waals surface area contributed by atoms with Crippen molar-refractivity contribution in [1.29, 1.82) is 0 Å². The molecule has 0 radical (unpaired) electrons. The summed E-state index contributed by atoms with van der Waals surface area (Å²) in [6.07, 6.45) is 3.88. The minimum absolute atomic E-state index is 0.133. The second-order valence-electron chi connectivity index (χ2n) is 7.60. The number of rotatable bonds is 6. The number of nitrogens with one attached hydrogen (secondary N) is 1. The van der Waals surface area contributed by atoms with Gasteiger partial charge in [0.15, 0.2) is 5.78 Å². The maximum Gasteiger partial charge on any atom is 0.173 e. The van der Waals surface area contributed by atoms with Crippen LogP contribution >= 0.6 is 0 Å². The van der Waals surface area contributed by atoms with Gasteiger partial charge in [0.25, 0.3) is 0 Å². The van der Waals surface area contributed by atoms with Gasteiger partial charge in [-0.05, 0) is 31.0 Å². The lowest BCUT2D eigenvalue weighted by molar-refractivity contribution is -0.124. The number of fused-ring (bicyclic) bond motifs is 1. The number of hydrogen-bond acceptors (Lipinski definition) is 6. The highest BCUT2D eigenvalue weighted by atomic mass is 16.5. The van der Waals surface area contributed by atoms with Gasteiger partial charge in [0.1, 0.15) is 23.4 Å². The third-order valence-electron chi connectivity index (χ3n) is 5.92. The summed E-state index contributed by atoms with van der Waals surface area (Å²) < 4.78 is 22.2. The molecule has 6 nitrogen and oxygen atoms in total. The average molecular weight is 409 g/mol. The molecular formula is C24H27NO5. The summed E-state index contributed by atoms with van der Waals surface area (Å²) in [6, 6.07) is 13.5. The summed E-state index contributed by atoms with van der Waals surface area (Å²) in [5.41, 5.74) is 2.29. The largest absolute Gasteiger partial charge is 0.497 e. The van der Waals surface area contributed by atoms with Crippen LogP contribution in [-0.4, -0.2) is 39.3 Å². The van der Waals surface area contributed by atoms with Crippen LogP contribution in [0.4, 0.5) is 5.69 Å². The summed E-state index contributed by atoms with van der Waals surface area (Å²) in [6.45, 7) is 0. The van der Waals surface area contributed by atoms with Crippen LogP contribution in [0, 0.1) is 5.92 Å². The number of benzene rings is 2. The van der Waals surface area contributed by atoms with Crippen LogP contribution in [0.3, 0.4) is 0 Å². The summed E-state index contributed by atoms with van der Waals surface area (Å²) in [7, 11) is 4.89. The van der Waals surface area contributed by atoms with E-state index in [0.717, 1.165) is 42.0 Å². The third kappa shape index (κ3) is 3.82. The van der Waals surface area contributed by atoms with Crippen molar-refractivity contribution in [3.8, 4) is 17.2 Å². The molecule has 2 aromatic carbocycles. The Morgan fingerprint density at radius 3 is 2.53 bits per heavy atom. The normalized spacial score (nSPS) is 23.0. The number of Topliss-reactive ketones (excluding diaryl/α,β-unsaturated/α-hetero) is 1. The lowest BCUT2D eigenvalue weighted by Gasteiger charge is -2.38. The van der Waals surface area contributed by atoms with Gasteiger partial charge >= 0.3 is 0 Å². The van der Waals surface area contributed by atoms with Crippen LogP contribution < -0.4 is 19.5 Å². The first kappa shape index (κ1) is 20.1. The maximum absolute atomic E-state index is 13.2. The van der Waals surface area contributed by atoms with Crippen LogP contribution in [0.25, 0.3) is 5.57 Å². The Morgan fingerprint density at radius 2 is 1.77 bits per heavy atom. The van der Waals surface area contributed by atoms with Crippen LogP contribution in [-0.2, 0) is 9.53 Å². The standard InChI is InChI=1S/C24H27NO5/c1-27-16-9-11-20(23(13-16)29-3)25-15-8-10-18-22(12-15)30-14-19(24(18)26)17-6-4-5-7-21(17)28-2/h4-7,9,11,13-15,18,22,25H,8,10,12H2,1-3H3. The van der Waals surface area contributed by atoms with Gasteiger partial charge in [0.05, 0.1) is 44.8 Å². The second kappa shape index (κ2) is 8.69. The molecule has 0 aromatic heterocycles. The first-order chi connectivity index (χ1) is 14.6. The summed E-state index contributed by atoms with van der Waals surface area (Å²) >= 11 is 0. The Morgan fingerprint density at radius 1 is 0.967 bits per heavy atom. The van der Waals surface area contributed by atoms with E-state index in [0.29, 0.717) is 11.3 Å². The first-order valence-corrected chi connectivity index (χ1v) is 10.2. The molecule has 6 heteroatoms. The molecule has 0 spiro atoms. The zero-order valence-electron chi connectivity index (χ0n) is 17.5. The fraction of sp³-hybridized carbons (Fsp3) is 0.375. The van der Waals surface area contributed by atoms with Gasteiger partial charge in [-0.1, -0.05) is 18.2 Å². The van der Waals surface area contributed by atoms with Crippen molar-refractivity contribution >= 4 is 17.0 Å². The fourth-order valence-electron chi connectivity index (χ4n) is 4.32. The minimum atomic E-state index is -0.134. The van der Waals surface area contributed by atoms with Gasteiger partial charge in [0, 0.05) is 24.1 Å². The van der Waals surface area contributed by atoms with Gasteiger partial charge < -0.3 is 24.3 Å². The number of methoxy groups -OCH3 is 3. The first-order valence-electron chi connectivity index (χ1n) is 10.2. The molecule has 0 saturated heterocycles. The third-order valence-corrected chi connectivity index (χ3v) is 5.92. The second-order valence-corrected chi connectivity index (χ2v) is 7.60. The molecule has 1 saturated carbocycles. The van der Waals surface area contributed by atoms with E-state index < -0.39 is 0 Å². The minimum Gasteiger partial charge on any atom is -0.497 e. The highest BCUT2D eigenvalue weighted by Crippen LogP contribution is 2.40. The van der Waals surface area contributed by atoms with Crippen LogP contribution in [0.5, 0.6) is 17.2 Å². The lowest BCUT2D eigenvalue weighted by Crippen LogP contribution is -2.42. The molecule has 1 heterocycles. The fourth-order valence-corrected chi connectivity index (χ4v) is 4.32. The summed E-state index contributed by atoms with van der Waals surface area (Å²) in [5, 5.41) is 3.55. The quantitative estimate of drug-likeness (QED) is 0.767. The zero-order valence-corrected chi connectivity index (χ0v) is 17.5. The highest BCUT2D eigenvalue weighted by Gasteiger charge is 2.41. The molecule has 30 heavy (non-hydrogen) atoms. The number of ketones is 1. The van der Waals surface area contributed by atoms with Crippen molar-refractivity contribution in [2.45, 2.75) is 31.4 Å². The van der Waals surface area contributed by atoms with Crippen molar-refractivity contribution in [3.63, 3.8) is 0 Å². The van der Waals surface area contributed by atoms with Crippen molar-refractivity contribution in [2.75, 3.05) is 26.6 Å². The van der Waals surface area contributed by atoms with Gasteiger partial charge in [-0.3, -0.25) is 4.79 Å². The SMILES string of the molecule is COc1ccc(NC2CCC3C(=O)C(c4ccccc4OC)=COC3C2)c(OC)c1. The smallest absolute Gasteiger partial charge is 0.173 e. The predicted molar refractivity (Wildman–Crippen MR) is 115 cm³/mol. The number of allylic oxidation sites excluding steroid dienone is 1. The molecule has 3 unspecified atom stereocenters. The Labute approximate surface area is 176 Å². The van der Waals surface area contributed by atoms with Crippen molar-refractivity contribution in [1.82, 2.24) is 0 Å². The summed E-state index contributed by atoms with van der Waals surface area (Å²) in [4.78, 5) is 13.2. The van der Waals surface area contributed by atoms with Crippen LogP contribution in [0.1, 0.15) is 24.8 Å². The number of carbonyl (C=O) groups excluding carboxylic acids is 1. The zero-order chi connectivity index (χ0) is 21.1. The number of hydrogen-bond donors (Lipinski definition) is 1. The molecule has 3 atom stereocenters. The molecule has 1 N–H and O–H groups in total. The van der Waals surface area contributed by atoms with E-state index in [1.807, 2.05) is 42.5 Å². The molecule has 1 aliphatic carbocycles. The van der Waals surface area contributed by atoms with Crippen molar-refractivity contribution < 1.29 is 23.7 Å². The average Bonchev–Trinajstić information content (AvgIpc) is 2.79. The van der Waals surface area contributed by atoms with Crippen molar-refractivity contribution in [2.24, 2.45) is 5.92 Å². The molecule has 1 fully saturated rings. The number of para-hydroxylation sites is 1. The Hall–Kier alpha value is -3.15. The van der Waals surface area contributed by atoms with E-state index in [4.69, 9.17) is 18.9 Å². The molecule has 0 bridgehead atoms. The molecule has 1 aliphatic heterocycles. The predicted octanol–water partition coefficient (Wildman–Crippen LogP) is 4.30. The molecular weight excluding hydrogens is 382 g/mol. The topological polar surface area (TPSA) is 66.0 Å². The maximum atomic E-state index is 13.2. The monoisotopic (exact) mass is 409 g/mol. The van der Waals surface area contributed by atoms with E-state index in [1.165, 1.54) is 0 Å². The van der Waals surface area contributed by atoms with E-state index in [-0.39, 0.29) is 23.8 Å². The number of anilines is 1. The van der Waals surface area contributed by atoms with Crippen molar-refractivity contribution in [3.05, 3.63) is 54.3 Å². The summed E-state index contributed by atoms with van der Waals surface area (Å²) in [5.74, 6) is 2.16. The Bertz CT molecular complexity index is 954. The highest BCUT2D eigenvalue weighted by molar-refractivity contribution is 6.22. The lowest BCUT2D eigenvalue weighted by atomic mass is 9.77. The van der Waals surface area contributed by atoms with E-state index >= 15 is 0 Å².